The van der Waals surface area contributed by atoms with Crippen molar-refractivity contribution in [1.29, 1.82) is 0 Å². The van der Waals surface area contributed by atoms with Crippen molar-refractivity contribution >= 4 is 17.8 Å². The van der Waals surface area contributed by atoms with Crippen molar-refractivity contribution in [2.75, 3.05) is 0 Å². The highest BCUT2D eigenvalue weighted by Gasteiger charge is 2.28. The van der Waals surface area contributed by atoms with E-state index in [4.69, 9.17) is 0 Å². The molecule has 0 saturated heterocycles. The van der Waals surface area contributed by atoms with Crippen molar-refractivity contribution in [2.45, 2.75) is 13.1 Å². The minimum absolute atomic E-state index is 0.320. The predicted molar refractivity (Wildman–Crippen MR) is 107 cm³/mol. The number of pyridine rings is 1. The quantitative estimate of drug-likeness (QED) is 0.502. The maximum absolute atomic E-state index is 14.1. The summed E-state index contributed by atoms with van der Waals surface area (Å²) < 4.78 is 15.8. The van der Waals surface area contributed by atoms with E-state index < -0.39 is 7.14 Å². The van der Waals surface area contributed by atoms with Gasteiger partial charge in [0.15, 0.2) is 0 Å². The summed E-state index contributed by atoms with van der Waals surface area (Å²) in [5, 5.41) is 10.2. The molecule has 0 N–H and O–H groups in total. The Balaban J connectivity index is 1.74. The second-order valence-corrected chi connectivity index (χ2v) is 9.16. The summed E-state index contributed by atoms with van der Waals surface area (Å²) in [5.41, 5.74) is 2.42. The zero-order valence-corrected chi connectivity index (χ0v) is 15.8. The molecule has 0 atom stereocenters. The van der Waals surface area contributed by atoms with Crippen molar-refractivity contribution in [1.82, 2.24) is 20.0 Å². The van der Waals surface area contributed by atoms with E-state index in [1.54, 1.807) is 10.9 Å². The number of hydrogen-bond donors (Lipinski definition) is 0. The lowest BCUT2D eigenvalue weighted by Crippen LogP contribution is -2.17. The summed E-state index contributed by atoms with van der Waals surface area (Å²) in [7, 11) is -2.87. The van der Waals surface area contributed by atoms with Crippen LogP contribution >= 0.6 is 7.14 Å². The van der Waals surface area contributed by atoms with Crippen LogP contribution in [0.15, 0.2) is 85.2 Å². The van der Waals surface area contributed by atoms with E-state index in [1.165, 1.54) is 0 Å². The van der Waals surface area contributed by atoms with Gasteiger partial charge in [0.2, 0.25) is 0 Å². The number of aryl methyl sites for hydroxylation is 1. The first kappa shape index (κ1) is 17.4. The van der Waals surface area contributed by atoms with Crippen molar-refractivity contribution in [2.24, 2.45) is 0 Å². The van der Waals surface area contributed by atoms with Crippen molar-refractivity contribution in [3.8, 4) is 5.69 Å². The SMILES string of the molecule is Cc1ncccc1-n1cc(CP(=O)(c2ccccc2)c2ccccc2)nn1. The average Bonchev–Trinajstić information content (AvgIpc) is 3.17. The van der Waals surface area contributed by atoms with Crippen LogP contribution in [-0.4, -0.2) is 20.0 Å². The zero-order chi connectivity index (χ0) is 18.7. The van der Waals surface area contributed by atoms with E-state index in [0.29, 0.717) is 11.9 Å². The molecule has 134 valence electrons. The fourth-order valence-corrected chi connectivity index (χ4v) is 5.68. The molecule has 4 rings (SSSR count). The first-order valence-corrected chi connectivity index (χ1v) is 10.6. The molecule has 0 aliphatic rings. The van der Waals surface area contributed by atoms with E-state index in [0.717, 1.165) is 22.0 Å². The summed E-state index contributed by atoms with van der Waals surface area (Å²) in [6, 6.07) is 23.0. The minimum atomic E-state index is -2.87. The van der Waals surface area contributed by atoms with Crippen LogP contribution in [0.2, 0.25) is 0 Å². The van der Waals surface area contributed by atoms with Crippen LogP contribution in [0, 0.1) is 6.92 Å². The Morgan fingerprint density at radius 1 is 0.889 bits per heavy atom. The summed E-state index contributed by atoms with van der Waals surface area (Å²) in [6.45, 7) is 1.93. The second-order valence-electron chi connectivity index (χ2n) is 6.33. The van der Waals surface area contributed by atoms with E-state index in [1.807, 2.05) is 85.9 Å². The third kappa shape index (κ3) is 3.46. The van der Waals surface area contributed by atoms with Crippen LogP contribution in [0.3, 0.4) is 0 Å². The van der Waals surface area contributed by atoms with Crippen LogP contribution in [-0.2, 0) is 10.7 Å². The summed E-state index contributed by atoms with van der Waals surface area (Å²) in [5.74, 6) is 0. The molecule has 0 fully saturated rings. The number of hydrogen-bond acceptors (Lipinski definition) is 4. The predicted octanol–water partition coefficient (Wildman–Crippen LogP) is 3.48. The highest BCUT2D eigenvalue weighted by atomic mass is 31.2. The fourth-order valence-electron chi connectivity index (χ4n) is 3.10. The highest BCUT2D eigenvalue weighted by Crippen LogP contribution is 2.46. The Morgan fingerprint density at radius 3 is 2.11 bits per heavy atom. The molecule has 27 heavy (non-hydrogen) atoms. The van der Waals surface area contributed by atoms with E-state index >= 15 is 0 Å². The fraction of sp³-hybridized carbons (Fsp3) is 0.0952. The van der Waals surface area contributed by atoms with Gasteiger partial charge in [-0.05, 0) is 19.1 Å². The Hall–Kier alpha value is -3.04. The van der Waals surface area contributed by atoms with Crippen LogP contribution in [0.5, 0.6) is 0 Å². The van der Waals surface area contributed by atoms with Gasteiger partial charge in [0, 0.05) is 16.8 Å². The average molecular weight is 374 g/mol. The number of nitrogens with zero attached hydrogens (tertiary/aromatic N) is 4. The van der Waals surface area contributed by atoms with Gasteiger partial charge < -0.3 is 4.57 Å². The smallest absolute Gasteiger partial charge is 0.149 e. The molecule has 5 nitrogen and oxygen atoms in total. The molecule has 0 bridgehead atoms. The maximum atomic E-state index is 14.1. The number of rotatable bonds is 5. The molecule has 2 heterocycles. The molecule has 2 aromatic carbocycles. The van der Waals surface area contributed by atoms with Gasteiger partial charge in [0.25, 0.3) is 0 Å². The molecule has 0 spiro atoms. The molecule has 0 aliphatic carbocycles. The topological polar surface area (TPSA) is 60.7 Å². The second kappa shape index (κ2) is 7.29. The van der Waals surface area contributed by atoms with Crippen molar-refractivity contribution < 1.29 is 4.57 Å². The molecule has 4 aromatic rings. The maximum Gasteiger partial charge on any atom is 0.149 e. The van der Waals surface area contributed by atoms with Gasteiger partial charge in [-0.3, -0.25) is 4.98 Å². The molecule has 0 aliphatic heterocycles. The lowest BCUT2D eigenvalue weighted by atomic mass is 10.3. The van der Waals surface area contributed by atoms with Gasteiger partial charge in [-0.2, -0.15) is 0 Å². The van der Waals surface area contributed by atoms with Gasteiger partial charge in [-0.25, -0.2) is 4.68 Å². The van der Waals surface area contributed by atoms with Crippen LogP contribution < -0.4 is 10.6 Å². The standard InChI is InChI=1S/C21H19N4OP/c1-17-21(13-8-14-22-17)25-15-18(23-24-25)16-27(26,19-9-4-2-5-10-19)20-11-6-3-7-12-20/h2-15H,16H2,1H3. The summed E-state index contributed by atoms with van der Waals surface area (Å²) >= 11 is 0. The Morgan fingerprint density at radius 2 is 1.52 bits per heavy atom. The largest absolute Gasteiger partial charge is 0.313 e. The van der Waals surface area contributed by atoms with Crippen molar-refractivity contribution in [3.05, 3.63) is 96.6 Å². The summed E-state index contributed by atoms with van der Waals surface area (Å²) in [4.78, 5) is 4.29. The van der Waals surface area contributed by atoms with Gasteiger partial charge in [0.05, 0.1) is 29.4 Å². The van der Waals surface area contributed by atoms with Crippen LogP contribution in [0.25, 0.3) is 5.69 Å². The van der Waals surface area contributed by atoms with Gasteiger partial charge in [-0.1, -0.05) is 65.9 Å². The first-order chi connectivity index (χ1) is 13.2. The van der Waals surface area contributed by atoms with Crippen LogP contribution in [0.1, 0.15) is 11.4 Å². The van der Waals surface area contributed by atoms with E-state index in [-0.39, 0.29) is 0 Å². The third-order valence-electron chi connectivity index (χ3n) is 4.50. The van der Waals surface area contributed by atoms with Gasteiger partial charge in [-0.15, -0.1) is 5.10 Å². The number of aromatic nitrogens is 4. The normalized spacial score (nSPS) is 11.4. The van der Waals surface area contributed by atoms with Crippen molar-refractivity contribution in [3.63, 3.8) is 0 Å². The first-order valence-electron chi connectivity index (χ1n) is 8.70. The molecule has 0 unspecified atom stereocenters. The third-order valence-corrected chi connectivity index (χ3v) is 7.53. The zero-order valence-electron chi connectivity index (χ0n) is 14.9. The molecule has 0 saturated carbocycles. The Labute approximate surface area is 158 Å². The Kier molecular flexibility index (Phi) is 4.69. The lowest BCUT2D eigenvalue weighted by Gasteiger charge is -2.18. The highest BCUT2D eigenvalue weighted by molar-refractivity contribution is 7.78. The summed E-state index contributed by atoms with van der Waals surface area (Å²) in [6.07, 6.45) is 3.90. The molecule has 0 amide bonds. The molecule has 0 radical (unpaired) electrons. The van der Waals surface area contributed by atoms with Crippen LogP contribution in [0.4, 0.5) is 0 Å². The molecular formula is C21H19N4OP. The van der Waals surface area contributed by atoms with Gasteiger partial charge in [0.1, 0.15) is 7.14 Å². The number of benzene rings is 2. The van der Waals surface area contributed by atoms with E-state index in [9.17, 15) is 4.57 Å². The molecular weight excluding hydrogens is 355 g/mol. The molecule has 2 aromatic heterocycles. The monoisotopic (exact) mass is 374 g/mol. The lowest BCUT2D eigenvalue weighted by molar-refractivity contribution is 0.586. The van der Waals surface area contributed by atoms with Gasteiger partial charge >= 0.3 is 0 Å². The molecule has 6 heteroatoms. The Bertz CT molecular complexity index is 1050. The minimum Gasteiger partial charge on any atom is -0.313 e. The van der Waals surface area contributed by atoms with E-state index in [2.05, 4.69) is 15.3 Å².